The number of allylic oxidation sites excluding steroid dienone is 4. The van der Waals surface area contributed by atoms with Gasteiger partial charge in [-0.15, -0.1) is 0 Å². The van der Waals surface area contributed by atoms with E-state index in [1.807, 2.05) is 11.8 Å². The molecule has 13 heteroatoms. The van der Waals surface area contributed by atoms with Crippen molar-refractivity contribution in [2.75, 3.05) is 53.6 Å². The molecule has 5 aliphatic rings. The molecule has 0 spiro atoms. The zero-order valence-corrected chi connectivity index (χ0v) is 49.9. The highest BCUT2D eigenvalue weighted by Crippen LogP contribution is 2.72. The number of unbranched alkanes of at least 4 members (excludes halogenated alkanes) is 21. The van der Waals surface area contributed by atoms with Gasteiger partial charge in [-0.2, -0.15) is 0 Å². The van der Waals surface area contributed by atoms with Crippen LogP contribution in [-0.2, 0) is 42.9 Å². The number of carbonyl (C=O) groups is 4. The number of amides is 1. The molecular weight excluding hydrogens is 976 g/mol. The van der Waals surface area contributed by atoms with Crippen LogP contribution in [0.3, 0.4) is 0 Å². The van der Waals surface area contributed by atoms with Crippen molar-refractivity contribution in [2.45, 2.75) is 283 Å². The van der Waals surface area contributed by atoms with Gasteiger partial charge in [0.15, 0.2) is 35.7 Å². The molecule has 8 atom stereocenters. The number of ether oxygens (including phenoxy) is 5. The number of alkyl halides is 1. The zero-order chi connectivity index (χ0) is 56.0. The summed E-state index contributed by atoms with van der Waals surface area (Å²) in [5.74, 6) is -3.06. The molecular formula is C64H109FN2O10. The van der Waals surface area contributed by atoms with Crippen molar-refractivity contribution in [2.24, 2.45) is 22.7 Å². The van der Waals surface area contributed by atoms with Crippen LogP contribution in [0.5, 0.6) is 0 Å². The number of fused-ring (bicyclic) bond motifs is 7. The summed E-state index contributed by atoms with van der Waals surface area (Å²) >= 11 is 0. The molecule has 1 N–H and O–H groups in total. The molecule has 1 saturated heterocycles. The number of halogens is 1. The van der Waals surface area contributed by atoms with E-state index in [0.29, 0.717) is 70.4 Å². The predicted molar refractivity (Wildman–Crippen MR) is 304 cm³/mol. The van der Waals surface area contributed by atoms with Crippen LogP contribution < -0.4 is 0 Å². The van der Waals surface area contributed by atoms with Gasteiger partial charge in [-0.05, 0) is 117 Å². The number of ketones is 2. The van der Waals surface area contributed by atoms with Gasteiger partial charge in [-0.25, -0.2) is 4.39 Å². The van der Waals surface area contributed by atoms with Gasteiger partial charge >= 0.3 is 5.97 Å². The standard InChI is InChI=1S/C64H109FN2O10/c1-9-11-13-15-17-19-21-23-27-31-44-73-59(74-45-32-28-24-22-20-18-16-14-12-10-2)38-37-57(71)67(43-33-41-66(7)8)42-30-26-25-29-34-58(72)75-49-55(70)64-56(76-60(3,4)77-64)47-53-52-36-35-50-46-51(68)39-40-61(50,5)63(52,65)54(69)48-62(53,64)6/h39-40,46,52-54,56,59,69H,9-38,41-45,47-49H2,1-8H3. The van der Waals surface area contributed by atoms with Gasteiger partial charge in [-0.1, -0.05) is 161 Å². The molecule has 1 amide bonds. The summed E-state index contributed by atoms with van der Waals surface area (Å²) in [6.45, 7) is 14.7. The molecule has 0 bridgehead atoms. The monoisotopic (exact) mass is 1080 g/mol. The van der Waals surface area contributed by atoms with Crippen LogP contribution in [0, 0.1) is 22.7 Å². The van der Waals surface area contributed by atoms with Crippen LogP contribution >= 0.6 is 0 Å². The minimum Gasteiger partial charge on any atom is -0.458 e. The number of esters is 1. The Morgan fingerprint density at radius 2 is 1.27 bits per heavy atom. The molecule has 3 saturated carbocycles. The Hall–Kier alpha value is -2.55. The van der Waals surface area contributed by atoms with Crippen molar-refractivity contribution >= 4 is 23.4 Å². The maximum atomic E-state index is 17.9. The molecule has 12 nitrogen and oxygen atoms in total. The fourth-order valence-corrected chi connectivity index (χ4v) is 14.2. The Kier molecular flexibility index (Phi) is 27.3. The molecule has 0 aromatic carbocycles. The van der Waals surface area contributed by atoms with Gasteiger partial charge < -0.3 is 38.6 Å². The normalized spacial score (nSPS) is 28.1. The summed E-state index contributed by atoms with van der Waals surface area (Å²) in [7, 11) is 4.10. The van der Waals surface area contributed by atoms with Gasteiger partial charge in [0.25, 0.3) is 0 Å². The summed E-state index contributed by atoms with van der Waals surface area (Å²) in [4.78, 5) is 58.2. The van der Waals surface area contributed by atoms with E-state index < -0.39 is 64.4 Å². The van der Waals surface area contributed by atoms with E-state index in [4.69, 9.17) is 23.7 Å². The quantitative estimate of drug-likeness (QED) is 0.0355. The van der Waals surface area contributed by atoms with Crippen molar-refractivity contribution in [1.29, 1.82) is 0 Å². The first-order valence-electron chi connectivity index (χ1n) is 31.4. The number of rotatable bonds is 41. The number of Topliss-reactive ketones (excluding diaryl/α,β-unsaturated/α-hetero) is 1. The van der Waals surface area contributed by atoms with E-state index in [9.17, 15) is 24.3 Å². The number of nitrogens with zero attached hydrogens (tertiary/aromatic N) is 2. The third-order valence-electron chi connectivity index (χ3n) is 18.6. The molecule has 1 aliphatic heterocycles. The molecule has 77 heavy (non-hydrogen) atoms. The molecule has 0 aromatic rings. The minimum atomic E-state index is -2.06. The van der Waals surface area contributed by atoms with Gasteiger partial charge in [0.1, 0.15) is 0 Å². The van der Waals surface area contributed by atoms with E-state index >= 15 is 4.39 Å². The van der Waals surface area contributed by atoms with E-state index in [1.54, 1.807) is 26.8 Å². The highest BCUT2D eigenvalue weighted by molar-refractivity contribution is 6.01. The zero-order valence-electron chi connectivity index (χ0n) is 49.9. The SMILES string of the molecule is CCCCCCCCCCCCOC(CCC(=O)N(CCCCCCC(=O)OCC(=O)C12OC(C)(C)OC1CC1C3CCC4=CC(=O)C=CC4(C)C3(F)C(O)CC12C)CCCN(C)C)OCCCCCCCCCCCC. The lowest BCUT2D eigenvalue weighted by molar-refractivity contribution is -0.246. The highest BCUT2D eigenvalue weighted by atomic mass is 19.1. The number of aliphatic hydroxyl groups is 1. The van der Waals surface area contributed by atoms with Crippen molar-refractivity contribution < 1.29 is 52.4 Å². The number of hydrogen-bond donors (Lipinski definition) is 1. The number of aliphatic hydroxyl groups excluding tert-OH is 1. The van der Waals surface area contributed by atoms with Gasteiger partial charge in [0, 0.05) is 62.3 Å². The average Bonchev–Trinajstić information content (AvgIpc) is 4.07. The molecule has 5 rings (SSSR count). The van der Waals surface area contributed by atoms with Crippen molar-refractivity contribution in [3.63, 3.8) is 0 Å². The molecule has 442 valence electrons. The summed E-state index contributed by atoms with van der Waals surface area (Å²) in [5, 5.41) is 11.9. The maximum absolute atomic E-state index is 17.9. The third-order valence-corrected chi connectivity index (χ3v) is 18.6. The Bertz CT molecular complexity index is 1850. The van der Waals surface area contributed by atoms with Crippen molar-refractivity contribution in [3.8, 4) is 0 Å². The van der Waals surface area contributed by atoms with Crippen LogP contribution in [0.4, 0.5) is 4.39 Å². The Morgan fingerprint density at radius 3 is 1.86 bits per heavy atom. The summed E-state index contributed by atoms with van der Waals surface area (Å²) < 4.78 is 49.3. The Balaban J connectivity index is 1.06. The number of hydrogen-bond acceptors (Lipinski definition) is 11. The van der Waals surface area contributed by atoms with Crippen molar-refractivity contribution in [3.05, 3.63) is 23.8 Å². The van der Waals surface area contributed by atoms with Crippen LogP contribution in [0.1, 0.15) is 247 Å². The second kappa shape index (κ2) is 32.2. The van der Waals surface area contributed by atoms with Crippen LogP contribution in [0.2, 0.25) is 0 Å². The van der Waals surface area contributed by atoms with E-state index in [-0.39, 0.29) is 36.7 Å². The topological polar surface area (TPSA) is 141 Å². The minimum absolute atomic E-state index is 0.0497. The first-order chi connectivity index (χ1) is 36.9. The van der Waals surface area contributed by atoms with Gasteiger partial charge in [0.2, 0.25) is 11.7 Å². The fraction of sp³-hybridized carbons (Fsp3) is 0.875. The van der Waals surface area contributed by atoms with Gasteiger partial charge in [0.05, 0.1) is 12.2 Å². The Labute approximate surface area is 466 Å². The van der Waals surface area contributed by atoms with E-state index in [1.165, 1.54) is 115 Å². The lowest BCUT2D eigenvalue weighted by Crippen LogP contribution is -2.70. The highest BCUT2D eigenvalue weighted by Gasteiger charge is 2.80. The second-order valence-electron chi connectivity index (χ2n) is 25.2. The molecule has 4 fully saturated rings. The second-order valence-corrected chi connectivity index (χ2v) is 25.2. The van der Waals surface area contributed by atoms with E-state index in [0.717, 1.165) is 57.9 Å². The van der Waals surface area contributed by atoms with Crippen molar-refractivity contribution in [1.82, 2.24) is 9.80 Å². The lowest BCUT2D eigenvalue weighted by Gasteiger charge is -2.62. The van der Waals surface area contributed by atoms with Crippen LogP contribution in [-0.4, -0.2) is 127 Å². The molecule has 0 radical (unpaired) electrons. The van der Waals surface area contributed by atoms with Crippen LogP contribution in [0.15, 0.2) is 23.8 Å². The predicted octanol–water partition coefficient (Wildman–Crippen LogP) is 13.7. The largest absolute Gasteiger partial charge is 0.458 e. The fourth-order valence-electron chi connectivity index (χ4n) is 14.2. The molecule has 4 aliphatic carbocycles. The first-order valence-corrected chi connectivity index (χ1v) is 31.4. The van der Waals surface area contributed by atoms with Crippen LogP contribution in [0.25, 0.3) is 0 Å². The smallest absolute Gasteiger partial charge is 0.306 e. The average molecular weight is 1090 g/mol. The molecule has 1 heterocycles. The van der Waals surface area contributed by atoms with E-state index in [2.05, 4.69) is 32.8 Å². The Morgan fingerprint density at radius 1 is 0.727 bits per heavy atom. The summed E-state index contributed by atoms with van der Waals surface area (Å²) in [6.07, 6.45) is 33.6. The maximum Gasteiger partial charge on any atom is 0.306 e. The summed E-state index contributed by atoms with van der Waals surface area (Å²) in [6, 6.07) is 0. The molecule has 0 aromatic heterocycles. The van der Waals surface area contributed by atoms with Gasteiger partial charge in [-0.3, -0.25) is 19.2 Å². The first kappa shape index (κ1) is 65.3. The number of carbonyl (C=O) groups excluding carboxylic acids is 4. The third kappa shape index (κ3) is 17.7. The summed E-state index contributed by atoms with van der Waals surface area (Å²) in [5.41, 5.74) is -5.09. The lowest BCUT2D eigenvalue weighted by atomic mass is 9.44. The molecule has 8 unspecified atom stereocenters.